The highest BCUT2D eigenvalue weighted by atomic mass is 16.7. The van der Waals surface area contributed by atoms with Gasteiger partial charge in [0.2, 0.25) is 5.79 Å². The molecule has 1 fully saturated rings. The van der Waals surface area contributed by atoms with Gasteiger partial charge in [0.1, 0.15) is 5.75 Å². The van der Waals surface area contributed by atoms with E-state index in [9.17, 15) is 0 Å². The Morgan fingerprint density at radius 2 is 0.973 bits per heavy atom. The molecule has 0 N–H and O–H groups in total. The fourth-order valence-corrected chi connectivity index (χ4v) is 12.3. The average molecular weight is 965 g/mol. The highest BCUT2D eigenvalue weighted by molar-refractivity contribution is 5.88. The zero-order valence-corrected chi connectivity index (χ0v) is 43.2. The lowest BCUT2D eigenvalue weighted by Crippen LogP contribution is -2.57. The van der Waals surface area contributed by atoms with Gasteiger partial charge in [-0.3, -0.25) is 0 Å². The molecule has 366 valence electrons. The highest BCUT2D eigenvalue weighted by Gasteiger charge is 2.55. The fourth-order valence-electron chi connectivity index (χ4n) is 12.3. The zero-order chi connectivity index (χ0) is 50.4. The molecule has 4 aliphatic rings. The summed E-state index contributed by atoms with van der Waals surface area (Å²) in [5, 5.41) is 0. The van der Waals surface area contributed by atoms with Crippen LogP contribution in [0.5, 0.6) is 5.75 Å². The molecule has 8 aromatic carbocycles. The number of benzene rings is 8. The Morgan fingerprint density at radius 3 is 1.62 bits per heavy atom. The van der Waals surface area contributed by atoms with Gasteiger partial charge >= 0.3 is 0 Å². The van der Waals surface area contributed by atoms with Gasteiger partial charge in [-0.2, -0.15) is 0 Å². The first-order chi connectivity index (χ1) is 36.0. The van der Waals surface area contributed by atoms with Gasteiger partial charge in [-0.25, -0.2) is 0 Å². The van der Waals surface area contributed by atoms with Crippen molar-refractivity contribution in [3.63, 3.8) is 0 Å². The molecule has 4 nitrogen and oxygen atoms in total. The third-order valence-electron chi connectivity index (χ3n) is 15.8. The van der Waals surface area contributed by atoms with Crippen LogP contribution in [0.3, 0.4) is 0 Å². The lowest BCUT2D eigenvalue weighted by Gasteiger charge is -2.55. The zero-order valence-electron chi connectivity index (χ0n) is 43.2. The third kappa shape index (κ3) is 9.13. The summed E-state index contributed by atoms with van der Waals surface area (Å²) in [6, 6.07) is 76.5. The Balaban J connectivity index is 0.840. The first kappa shape index (κ1) is 47.1. The number of hydrogen-bond acceptors (Lipinski definition) is 4. The first-order valence-electron chi connectivity index (χ1n) is 26.5. The van der Waals surface area contributed by atoms with E-state index in [4.69, 9.17) is 9.47 Å². The number of allylic oxidation sites excluding steroid dienone is 6. The van der Waals surface area contributed by atoms with Crippen molar-refractivity contribution in [3.05, 3.63) is 265 Å². The summed E-state index contributed by atoms with van der Waals surface area (Å²) in [6.45, 7) is 11.8. The van der Waals surface area contributed by atoms with Crippen LogP contribution in [0.25, 0.3) is 33.4 Å². The third-order valence-corrected chi connectivity index (χ3v) is 15.8. The van der Waals surface area contributed by atoms with Crippen molar-refractivity contribution in [2.75, 3.05) is 9.80 Å². The van der Waals surface area contributed by atoms with Crippen molar-refractivity contribution in [2.24, 2.45) is 11.3 Å². The molecule has 0 aromatic heterocycles. The number of fused-ring (bicyclic) bond motifs is 2. The molecule has 2 heterocycles. The normalized spacial score (nSPS) is 20.4. The van der Waals surface area contributed by atoms with Crippen molar-refractivity contribution in [2.45, 2.75) is 77.6 Å². The Hall–Kier alpha value is -7.92. The van der Waals surface area contributed by atoms with Crippen LogP contribution in [0.1, 0.15) is 77.0 Å². The monoisotopic (exact) mass is 964 g/mol. The lowest BCUT2D eigenvalue weighted by atomic mass is 9.66. The molecular formula is C70H64N2O2. The molecule has 4 heteroatoms. The van der Waals surface area contributed by atoms with Crippen LogP contribution < -0.4 is 14.5 Å². The predicted molar refractivity (Wildman–Crippen MR) is 308 cm³/mol. The van der Waals surface area contributed by atoms with Crippen LogP contribution in [0, 0.1) is 11.3 Å². The van der Waals surface area contributed by atoms with E-state index in [0.29, 0.717) is 12.3 Å². The molecule has 2 aliphatic heterocycles. The number of ether oxygens (including phenoxy) is 2. The Labute approximate surface area is 438 Å². The SMILES string of the molecule is CC1CC=C(c2ccc(N(c3ccccc3)c3ccc4c(c3)OC3(CC(C)(C)C5=CC=C(N(c6ccccc6)c6ccc(-c7cccc(-c8ccccc8)c7)cc6)CC5O3)CC4(C)C)cc2)C=C1c1ccccc1. The van der Waals surface area contributed by atoms with Crippen molar-refractivity contribution < 1.29 is 9.47 Å². The maximum atomic E-state index is 7.52. The molecule has 1 saturated heterocycles. The van der Waals surface area contributed by atoms with Crippen molar-refractivity contribution in [1.82, 2.24) is 0 Å². The van der Waals surface area contributed by atoms with Crippen LogP contribution >= 0.6 is 0 Å². The van der Waals surface area contributed by atoms with Gasteiger partial charge in [0.05, 0.1) is 6.10 Å². The molecule has 3 unspecified atom stereocenters. The molecule has 3 atom stereocenters. The first-order valence-corrected chi connectivity index (χ1v) is 26.5. The second-order valence-corrected chi connectivity index (χ2v) is 22.0. The summed E-state index contributed by atoms with van der Waals surface area (Å²) in [4.78, 5) is 4.75. The largest absolute Gasteiger partial charge is 0.462 e. The van der Waals surface area contributed by atoms with Gasteiger partial charge in [0.25, 0.3) is 0 Å². The van der Waals surface area contributed by atoms with E-state index in [2.05, 4.69) is 281 Å². The minimum Gasteiger partial charge on any atom is -0.462 e. The molecule has 0 saturated carbocycles. The quantitative estimate of drug-likeness (QED) is 0.136. The molecule has 0 bridgehead atoms. The van der Waals surface area contributed by atoms with E-state index in [-0.39, 0.29) is 16.9 Å². The summed E-state index contributed by atoms with van der Waals surface area (Å²) in [5.74, 6) is 0.513. The van der Waals surface area contributed by atoms with Gasteiger partial charge in [-0.15, -0.1) is 0 Å². The molecular weight excluding hydrogens is 901 g/mol. The van der Waals surface area contributed by atoms with E-state index in [1.165, 1.54) is 61.4 Å². The molecule has 0 amide bonds. The van der Waals surface area contributed by atoms with Crippen LogP contribution in [-0.4, -0.2) is 11.9 Å². The Bertz CT molecular complexity index is 3440. The molecule has 8 aromatic rings. The number of nitrogens with zero attached hydrogens (tertiary/aromatic N) is 2. The molecule has 74 heavy (non-hydrogen) atoms. The minimum absolute atomic E-state index is 0.175. The summed E-state index contributed by atoms with van der Waals surface area (Å²) in [6.07, 6.45) is 12.5. The number of anilines is 5. The van der Waals surface area contributed by atoms with Gasteiger partial charge in [-0.1, -0.05) is 198 Å². The summed E-state index contributed by atoms with van der Waals surface area (Å²) >= 11 is 0. The summed E-state index contributed by atoms with van der Waals surface area (Å²) < 4.78 is 15.0. The Morgan fingerprint density at radius 1 is 0.459 bits per heavy atom. The van der Waals surface area contributed by atoms with Crippen molar-refractivity contribution in [3.8, 4) is 28.0 Å². The Kier molecular flexibility index (Phi) is 12.2. The average Bonchev–Trinajstić information content (AvgIpc) is 3.42. The second-order valence-electron chi connectivity index (χ2n) is 22.0. The van der Waals surface area contributed by atoms with E-state index in [0.717, 1.165) is 53.4 Å². The van der Waals surface area contributed by atoms with Crippen LogP contribution in [-0.2, 0) is 10.2 Å². The van der Waals surface area contributed by atoms with E-state index in [1.807, 2.05) is 0 Å². The predicted octanol–water partition coefficient (Wildman–Crippen LogP) is 18.6. The molecule has 2 aliphatic carbocycles. The summed E-state index contributed by atoms with van der Waals surface area (Å²) in [7, 11) is 0. The van der Waals surface area contributed by atoms with Crippen molar-refractivity contribution in [1.29, 1.82) is 0 Å². The topological polar surface area (TPSA) is 24.9 Å². The van der Waals surface area contributed by atoms with Gasteiger partial charge < -0.3 is 19.3 Å². The maximum Gasteiger partial charge on any atom is 0.212 e. The van der Waals surface area contributed by atoms with Gasteiger partial charge in [-0.05, 0) is 140 Å². The van der Waals surface area contributed by atoms with Crippen LogP contribution in [0.4, 0.5) is 28.4 Å². The molecule has 12 rings (SSSR count). The fraction of sp³-hybridized carbons (Fsp3) is 0.200. The number of hydrogen-bond donors (Lipinski definition) is 0. The van der Waals surface area contributed by atoms with Gasteiger partial charge in [0.15, 0.2) is 0 Å². The second kappa shape index (κ2) is 19.2. The van der Waals surface area contributed by atoms with Gasteiger partial charge in [0, 0.05) is 65.0 Å². The van der Waals surface area contributed by atoms with Crippen LogP contribution in [0.2, 0.25) is 0 Å². The minimum atomic E-state index is -0.840. The van der Waals surface area contributed by atoms with E-state index in [1.54, 1.807) is 0 Å². The maximum absolute atomic E-state index is 7.52. The summed E-state index contributed by atoms with van der Waals surface area (Å²) in [5.41, 5.74) is 18.7. The smallest absolute Gasteiger partial charge is 0.212 e. The molecule has 1 spiro atoms. The number of rotatable bonds is 10. The lowest BCUT2D eigenvalue weighted by molar-refractivity contribution is -0.256. The van der Waals surface area contributed by atoms with Crippen molar-refractivity contribution >= 4 is 39.6 Å². The number of para-hydroxylation sites is 2. The highest BCUT2D eigenvalue weighted by Crippen LogP contribution is 2.57. The van der Waals surface area contributed by atoms with E-state index < -0.39 is 5.79 Å². The van der Waals surface area contributed by atoms with Crippen LogP contribution in [0.15, 0.2) is 248 Å². The molecule has 0 radical (unpaired) electrons. The standard InChI is InChI=1S/C70H64N2O2/c1-49-29-30-56(44-63(49)53-21-12-7-13-22-53)52-33-37-60(38-34-52)72(58-27-16-9-17-28-58)62-40-42-65-67(46-62)74-70(48-69(65,4)5)47-68(2,3)64-41-39-61(45-66(64)73-70)71(57-25-14-8-15-26-57)59-35-31-51(32-36-59)55-24-18-23-54(43-55)50-19-10-6-11-20-50/h6-28,30-44,46,49,66H,29,45,47-48H2,1-5H3. The van der Waals surface area contributed by atoms with E-state index >= 15 is 0 Å².